The van der Waals surface area contributed by atoms with E-state index in [9.17, 15) is 4.79 Å². The molecule has 0 aliphatic carbocycles. The molecule has 4 nitrogen and oxygen atoms in total. The smallest absolute Gasteiger partial charge is 0.333 e. The van der Waals surface area contributed by atoms with Crippen molar-refractivity contribution >= 4 is 5.97 Å². The van der Waals surface area contributed by atoms with E-state index < -0.39 is 0 Å². The highest BCUT2D eigenvalue weighted by Crippen LogP contribution is 2.29. The first kappa shape index (κ1) is 21.7. The Kier molecular flexibility index (Phi) is 9.87. The van der Waals surface area contributed by atoms with Gasteiger partial charge in [-0.15, -0.1) is 0 Å². The van der Waals surface area contributed by atoms with Crippen molar-refractivity contribution in [1.82, 2.24) is 0 Å². The van der Waals surface area contributed by atoms with Crippen molar-refractivity contribution in [2.45, 2.75) is 32.6 Å². The maximum Gasteiger partial charge on any atom is 0.333 e. The molecule has 0 aliphatic heterocycles. The highest BCUT2D eigenvalue weighted by atomic mass is 16.5. The first-order chi connectivity index (χ1) is 13.7. The van der Waals surface area contributed by atoms with Gasteiger partial charge in [0.2, 0.25) is 0 Å². The molecule has 2 rings (SSSR count). The Morgan fingerprint density at radius 2 is 1.43 bits per heavy atom. The third-order valence-electron chi connectivity index (χ3n) is 4.18. The Morgan fingerprint density at radius 3 is 2.14 bits per heavy atom. The van der Waals surface area contributed by atoms with Gasteiger partial charge >= 0.3 is 5.97 Å². The number of rotatable bonds is 13. The van der Waals surface area contributed by atoms with Crippen LogP contribution in [0, 0.1) is 0 Å². The second-order valence-corrected chi connectivity index (χ2v) is 6.65. The molecule has 0 amide bonds. The van der Waals surface area contributed by atoms with Crippen LogP contribution >= 0.6 is 0 Å². The molecule has 0 saturated carbocycles. The van der Waals surface area contributed by atoms with Crippen LogP contribution in [0.15, 0.2) is 66.7 Å². The molecule has 0 aromatic heterocycles. The maximum absolute atomic E-state index is 11.2. The molecule has 4 heteroatoms. The van der Waals surface area contributed by atoms with Gasteiger partial charge in [0, 0.05) is 24.4 Å². The summed E-state index contributed by atoms with van der Waals surface area (Å²) in [6, 6.07) is 18.4. The van der Waals surface area contributed by atoms with Gasteiger partial charge in [-0.1, -0.05) is 55.1 Å². The molecule has 2 aromatic rings. The van der Waals surface area contributed by atoms with E-state index in [0.717, 1.165) is 49.2 Å². The number of benzene rings is 2. The predicted molar refractivity (Wildman–Crippen MR) is 112 cm³/mol. The van der Waals surface area contributed by atoms with Crippen molar-refractivity contribution in [1.29, 1.82) is 0 Å². The van der Waals surface area contributed by atoms with Gasteiger partial charge < -0.3 is 14.2 Å². The van der Waals surface area contributed by atoms with Crippen molar-refractivity contribution in [3.63, 3.8) is 0 Å². The lowest BCUT2D eigenvalue weighted by Gasteiger charge is -2.11. The zero-order chi connectivity index (χ0) is 20.0. The number of carbonyl (C=O) groups excluding carboxylic acids is 1. The van der Waals surface area contributed by atoms with Crippen LogP contribution in [-0.2, 0) is 14.3 Å². The van der Waals surface area contributed by atoms with E-state index in [2.05, 4.69) is 24.8 Å². The third kappa shape index (κ3) is 7.97. The average Bonchev–Trinajstić information content (AvgIpc) is 2.72. The summed E-state index contributed by atoms with van der Waals surface area (Å²) in [6.07, 6.45) is 3.58. The summed E-state index contributed by atoms with van der Waals surface area (Å²) in [7, 11) is 0. The molecule has 0 atom stereocenters. The van der Waals surface area contributed by atoms with Crippen LogP contribution in [0.3, 0.4) is 0 Å². The molecule has 0 heterocycles. The van der Waals surface area contributed by atoms with E-state index in [-0.39, 0.29) is 5.97 Å². The summed E-state index contributed by atoms with van der Waals surface area (Å²) in [4.78, 5) is 11.2. The number of carbonyl (C=O) groups is 1. The molecule has 0 unspecified atom stereocenters. The monoisotopic (exact) mass is 382 g/mol. The minimum absolute atomic E-state index is 0.324. The average molecular weight is 382 g/mol. The summed E-state index contributed by atoms with van der Waals surface area (Å²) in [5.41, 5.74) is 2.71. The van der Waals surface area contributed by atoms with E-state index in [0.29, 0.717) is 25.4 Å². The fourth-order valence-electron chi connectivity index (χ4n) is 2.63. The largest absolute Gasteiger partial charge is 0.493 e. The van der Waals surface area contributed by atoms with Gasteiger partial charge in [0.1, 0.15) is 5.75 Å². The molecular formula is C24H30O4. The van der Waals surface area contributed by atoms with E-state index in [1.165, 1.54) is 0 Å². The minimum Gasteiger partial charge on any atom is -0.493 e. The normalized spacial score (nSPS) is 10.5. The Hall–Kier alpha value is -2.59. The Bertz CT molecular complexity index is 724. The van der Waals surface area contributed by atoms with Crippen LogP contribution in [-0.4, -0.2) is 32.4 Å². The molecule has 2 aromatic carbocycles. The van der Waals surface area contributed by atoms with Crippen LogP contribution in [0.5, 0.6) is 5.75 Å². The molecule has 0 aliphatic rings. The Morgan fingerprint density at radius 1 is 0.821 bits per heavy atom. The number of hydrogen-bond donors (Lipinski definition) is 0. The van der Waals surface area contributed by atoms with E-state index in [1.807, 2.05) is 36.4 Å². The second-order valence-electron chi connectivity index (χ2n) is 6.65. The van der Waals surface area contributed by atoms with Gasteiger partial charge in [-0.05, 0) is 44.2 Å². The minimum atomic E-state index is -0.324. The third-order valence-corrected chi connectivity index (χ3v) is 4.18. The van der Waals surface area contributed by atoms with Crippen molar-refractivity contribution in [3.8, 4) is 16.9 Å². The molecule has 0 bridgehead atoms. The Labute approximate surface area is 168 Å². The van der Waals surface area contributed by atoms with E-state index in [4.69, 9.17) is 14.2 Å². The van der Waals surface area contributed by atoms with Crippen LogP contribution in [0.4, 0.5) is 0 Å². The van der Waals surface area contributed by atoms with Crippen molar-refractivity contribution in [2.24, 2.45) is 0 Å². The molecule has 0 fully saturated rings. The lowest BCUT2D eigenvalue weighted by atomic mass is 10.1. The number of esters is 1. The number of unbranched alkanes of at least 4 members (excludes halogenated alkanes) is 2. The van der Waals surface area contributed by atoms with Gasteiger partial charge in [0.25, 0.3) is 0 Å². The summed E-state index contributed by atoms with van der Waals surface area (Å²) >= 11 is 0. The van der Waals surface area contributed by atoms with Gasteiger partial charge in [-0.25, -0.2) is 4.79 Å². The van der Waals surface area contributed by atoms with Crippen molar-refractivity contribution in [2.75, 3.05) is 26.4 Å². The van der Waals surface area contributed by atoms with Crippen LogP contribution in [0.2, 0.25) is 0 Å². The number of ether oxygens (including phenoxy) is 3. The quantitative estimate of drug-likeness (QED) is 0.263. The molecule has 0 spiro atoms. The molecule has 0 radical (unpaired) electrons. The number of hydrogen-bond acceptors (Lipinski definition) is 4. The summed E-state index contributed by atoms with van der Waals surface area (Å²) < 4.78 is 16.6. The van der Waals surface area contributed by atoms with Gasteiger partial charge in [-0.3, -0.25) is 0 Å². The fourth-order valence-corrected chi connectivity index (χ4v) is 2.63. The highest BCUT2D eigenvalue weighted by molar-refractivity contribution is 5.86. The topological polar surface area (TPSA) is 44.8 Å². The SMILES string of the molecule is C=C(C)C(=O)OCCCCOCCCCOc1ccccc1-c1ccccc1. The lowest BCUT2D eigenvalue weighted by Crippen LogP contribution is -2.07. The van der Waals surface area contributed by atoms with Gasteiger partial charge in [0.15, 0.2) is 0 Å². The number of para-hydroxylation sites is 1. The standard InChI is InChI=1S/C24H30O4/c1-20(2)24(25)28-19-11-9-17-26-16-8-10-18-27-23-15-7-6-14-22(23)21-12-4-3-5-13-21/h3-7,12-15H,1,8-11,16-19H2,2H3. The first-order valence-corrected chi connectivity index (χ1v) is 9.86. The fraction of sp³-hybridized carbons (Fsp3) is 0.375. The molecule has 0 saturated heterocycles. The van der Waals surface area contributed by atoms with Crippen molar-refractivity contribution < 1.29 is 19.0 Å². The van der Waals surface area contributed by atoms with Gasteiger partial charge in [0.05, 0.1) is 13.2 Å². The summed E-state index contributed by atoms with van der Waals surface area (Å²) in [5, 5.41) is 0. The zero-order valence-electron chi connectivity index (χ0n) is 16.7. The van der Waals surface area contributed by atoms with Crippen LogP contribution < -0.4 is 4.74 Å². The maximum atomic E-state index is 11.2. The van der Waals surface area contributed by atoms with Crippen LogP contribution in [0.1, 0.15) is 32.6 Å². The Balaban J connectivity index is 1.54. The molecular weight excluding hydrogens is 352 g/mol. The van der Waals surface area contributed by atoms with E-state index >= 15 is 0 Å². The summed E-state index contributed by atoms with van der Waals surface area (Å²) in [6.45, 7) is 7.69. The first-order valence-electron chi connectivity index (χ1n) is 9.86. The lowest BCUT2D eigenvalue weighted by molar-refractivity contribution is -0.139. The highest BCUT2D eigenvalue weighted by Gasteiger charge is 2.05. The predicted octanol–water partition coefficient (Wildman–Crippen LogP) is 5.43. The van der Waals surface area contributed by atoms with E-state index in [1.54, 1.807) is 6.92 Å². The zero-order valence-corrected chi connectivity index (χ0v) is 16.7. The molecule has 0 N–H and O–H groups in total. The molecule has 28 heavy (non-hydrogen) atoms. The van der Waals surface area contributed by atoms with Crippen molar-refractivity contribution in [3.05, 3.63) is 66.7 Å². The summed E-state index contributed by atoms with van der Waals surface area (Å²) in [5.74, 6) is 0.591. The second kappa shape index (κ2) is 12.7. The van der Waals surface area contributed by atoms with Gasteiger partial charge in [-0.2, -0.15) is 0 Å². The molecule has 150 valence electrons. The van der Waals surface area contributed by atoms with Crippen LogP contribution in [0.25, 0.3) is 11.1 Å².